The second-order valence-electron chi connectivity index (χ2n) is 5.61. The Morgan fingerprint density at radius 3 is 2.47 bits per heavy atom. The van der Waals surface area contributed by atoms with Crippen LogP contribution in [0.2, 0.25) is 0 Å². The van der Waals surface area contributed by atoms with Gasteiger partial charge < -0.3 is 10.1 Å². The second kappa shape index (κ2) is 5.27. The van der Waals surface area contributed by atoms with Crippen molar-refractivity contribution in [3.63, 3.8) is 0 Å². The number of ether oxygens (including phenoxy) is 1. The highest BCUT2D eigenvalue weighted by Gasteiger charge is 2.42. The summed E-state index contributed by atoms with van der Waals surface area (Å²) in [7, 11) is 0. The largest absolute Gasteiger partial charge is 0.365 e. The molecule has 2 rings (SSSR count). The van der Waals surface area contributed by atoms with Crippen molar-refractivity contribution < 1.29 is 9.53 Å². The number of rotatable bonds is 3. The van der Waals surface area contributed by atoms with E-state index in [1.165, 1.54) is 19.3 Å². The molecular weight excluding hydrogens is 282 g/mol. The van der Waals surface area contributed by atoms with Gasteiger partial charge in [-0.3, -0.25) is 4.79 Å². The smallest absolute Gasteiger partial charge is 0.252 e. The second-order valence-corrected chi connectivity index (χ2v) is 6.17. The highest BCUT2D eigenvalue weighted by molar-refractivity contribution is 9.09. The zero-order valence-electron chi connectivity index (χ0n) is 10.6. The molecule has 4 heteroatoms. The van der Waals surface area contributed by atoms with Crippen molar-refractivity contribution in [2.75, 3.05) is 11.9 Å². The third-order valence-electron chi connectivity index (χ3n) is 4.14. The van der Waals surface area contributed by atoms with Crippen molar-refractivity contribution in [3.05, 3.63) is 0 Å². The molecular formula is C13H22BrNO2. The van der Waals surface area contributed by atoms with Crippen LogP contribution in [0.4, 0.5) is 0 Å². The number of nitrogens with one attached hydrogen (secondary N) is 1. The Morgan fingerprint density at radius 2 is 1.94 bits per heavy atom. The van der Waals surface area contributed by atoms with Gasteiger partial charge in [-0.05, 0) is 32.6 Å². The van der Waals surface area contributed by atoms with E-state index in [2.05, 4.69) is 21.2 Å². The first kappa shape index (κ1) is 13.3. The van der Waals surface area contributed by atoms with Gasteiger partial charge in [0.05, 0.1) is 0 Å². The highest BCUT2D eigenvalue weighted by Crippen LogP contribution is 2.32. The van der Waals surface area contributed by atoms with Crippen LogP contribution in [0.3, 0.4) is 0 Å². The van der Waals surface area contributed by atoms with Crippen LogP contribution in [-0.4, -0.2) is 29.0 Å². The van der Waals surface area contributed by atoms with E-state index in [0.717, 1.165) is 31.0 Å². The molecule has 1 heterocycles. The lowest BCUT2D eigenvalue weighted by molar-refractivity contribution is -0.141. The molecule has 1 amide bonds. The van der Waals surface area contributed by atoms with Crippen LogP contribution in [0.25, 0.3) is 0 Å². The third-order valence-corrected chi connectivity index (χ3v) is 5.22. The Labute approximate surface area is 112 Å². The van der Waals surface area contributed by atoms with E-state index in [1.54, 1.807) is 0 Å². The summed E-state index contributed by atoms with van der Waals surface area (Å²) in [6.45, 7) is 2.63. The maximum Gasteiger partial charge on any atom is 0.252 e. The molecule has 0 spiro atoms. The van der Waals surface area contributed by atoms with Gasteiger partial charge in [-0.2, -0.15) is 0 Å². The van der Waals surface area contributed by atoms with Gasteiger partial charge in [-0.1, -0.05) is 35.2 Å². The Bertz CT molecular complexity index is 281. The Balaban J connectivity index is 2.00. The fourth-order valence-electron chi connectivity index (χ4n) is 2.85. The van der Waals surface area contributed by atoms with E-state index in [0.29, 0.717) is 6.61 Å². The Morgan fingerprint density at radius 1 is 1.24 bits per heavy atom. The van der Waals surface area contributed by atoms with E-state index in [4.69, 9.17) is 4.74 Å². The number of hydrogen-bond acceptors (Lipinski definition) is 2. The van der Waals surface area contributed by atoms with Gasteiger partial charge in [0.25, 0.3) is 5.91 Å². The normalized spacial score (nSPS) is 32.4. The van der Waals surface area contributed by atoms with Crippen LogP contribution in [0.1, 0.15) is 51.9 Å². The van der Waals surface area contributed by atoms with E-state index < -0.39 is 5.60 Å². The molecule has 1 unspecified atom stereocenters. The van der Waals surface area contributed by atoms with Gasteiger partial charge in [0.1, 0.15) is 5.60 Å². The highest BCUT2D eigenvalue weighted by atomic mass is 79.9. The third kappa shape index (κ3) is 2.84. The van der Waals surface area contributed by atoms with Crippen LogP contribution < -0.4 is 5.32 Å². The molecule has 1 aliphatic carbocycles. The molecule has 1 aliphatic heterocycles. The monoisotopic (exact) mass is 303 g/mol. The number of alkyl halides is 1. The van der Waals surface area contributed by atoms with Crippen LogP contribution in [0.15, 0.2) is 0 Å². The van der Waals surface area contributed by atoms with Crippen LogP contribution in [0, 0.1) is 0 Å². The molecule has 1 saturated heterocycles. The van der Waals surface area contributed by atoms with E-state index in [1.807, 2.05) is 6.92 Å². The number of carbonyl (C=O) groups is 1. The number of hydrogen-bond donors (Lipinski definition) is 1. The molecule has 0 aromatic heterocycles. The molecule has 1 N–H and O–H groups in total. The summed E-state index contributed by atoms with van der Waals surface area (Å²) in [5, 5.41) is 4.10. The molecule has 0 bridgehead atoms. The molecule has 1 atom stereocenters. The molecule has 0 aromatic carbocycles. The van der Waals surface area contributed by atoms with Gasteiger partial charge in [-0.15, -0.1) is 0 Å². The topological polar surface area (TPSA) is 38.3 Å². The molecule has 2 aliphatic rings. The van der Waals surface area contributed by atoms with Gasteiger partial charge in [0.2, 0.25) is 0 Å². The summed E-state index contributed by atoms with van der Waals surface area (Å²) in [4.78, 5) is 12.3. The molecule has 0 aromatic rings. The average Bonchev–Trinajstić information content (AvgIpc) is 2.79. The van der Waals surface area contributed by atoms with Gasteiger partial charge in [0, 0.05) is 17.5 Å². The maximum absolute atomic E-state index is 12.3. The first-order valence-corrected chi connectivity index (χ1v) is 7.75. The number of halogens is 1. The van der Waals surface area contributed by atoms with Crippen molar-refractivity contribution in [2.45, 2.75) is 63.0 Å². The lowest BCUT2D eigenvalue weighted by Gasteiger charge is -2.39. The van der Waals surface area contributed by atoms with Crippen molar-refractivity contribution in [3.8, 4) is 0 Å². The van der Waals surface area contributed by atoms with Crippen molar-refractivity contribution >= 4 is 21.8 Å². The SMILES string of the molecule is CC1(C(=O)NC2(CBr)CCCCC2)CCCO1. The minimum Gasteiger partial charge on any atom is -0.365 e. The van der Waals surface area contributed by atoms with Gasteiger partial charge in [0.15, 0.2) is 0 Å². The Hall–Kier alpha value is -0.0900. The Kier molecular flexibility index (Phi) is 4.14. The minimum absolute atomic E-state index is 0.0374. The lowest BCUT2D eigenvalue weighted by Crippen LogP contribution is -2.57. The summed E-state index contributed by atoms with van der Waals surface area (Å²) in [5.41, 5.74) is -0.628. The molecule has 0 radical (unpaired) electrons. The molecule has 17 heavy (non-hydrogen) atoms. The number of amides is 1. The molecule has 3 nitrogen and oxygen atoms in total. The first-order chi connectivity index (χ1) is 8.10. The summed E-state index contributed by atoms with van der Waals surface area (Å²) in [5.74, 6) is 0.0800. The predicted octanol–water partition coefficient (Wildman–Crippen LogP) is 2.77. The van der Waals surface area contributed by atoms with Crippen molar-refractivity contribution in [2.24, 2.45) is 0 Å². The van der Waals surface area contributed by atoms with E-state index in [-0.39, 0.29) is 11.4 Å². The van der Waals surface area contributed by atoms with Crippen molar-refractivity contribution in [1.29, 1.82) is 0 Å². The van der Waals surface area contributed by atoms with Crippen LogP contribution in [0.5, 0.6) is 0 Å². The molecule has 1 saturated carbocycles. The first-order valence-electron chi connectivity index (χ1n) is 6.63. The summed E-state index contributed by atoms with van der Waals surface area (Å²) < 4.78 is 5.61. The summed E-state index contributed by atoms with van der Waals surface area (Å²) in [6.07, 6.45) is 7.72. The average molecular weight is 304 g/mol. The maximum atomic E-state index is 12.3. The van der Waals surface area contributed by atoms with Crippen LogP contribution >= 0.6 is 15.9 Å². The summed E-state index contributed by atoms with van der Waals surface area (Å²) in [6, 6.07) is 0. The number of carbonyl (C=O) groups excluding carboxylic acids is 1. The van der Waals surface area contributed by atoms with E-state index >= 15 is 0 Å². The minimum atomic E-state index is -0.591. The van der Waals surface area contributed by atoms with Gasteiger partial charge >= 0.3 is 0 Å². The quantitative estimate of drug-likeness (QED) is 0.814. The van der Waals surface area contributed by atoms with E-state index in [9.17, 15) is 4.79 Å². The fraction of sp³-hybridized carbons (Fsp3) is 0.923. The zero-order valence-corrected chi connectivity index (χ0v) is 12.1. The lowest BCUT2D eigenvalue weighted by atomic mass is 9.82. The summed E-state index contributed by atoms with van der Waals surface area (Å²) >= 11 is 3.57. The molecule has 2 fully saturated rings. The van der Waals surface area contributed by atoms with Gasteiger partial charge in [-0.25, -0.2) is 0 Å². The van der Waals surface area contributed by atoms with Crippen molar-refractivity contribution in [1.82, 2.24) is 5.32 Å². The fourth-order valence-corrected chi connectivity index (χ4v) is 3.55. The zero-order chi connectivity index (χ0) is 12.4. The standard InChI is InChI=1S/C13H22BrNO2/c1-12(6-5-9-17-12)11(16)15-13(10-14)7-3-2-4-8-13/h2-10H2,1H3,(H,15,16). The predicted molar refractivity (Wildman–Crippen MR) is 71.3 cm³/mol. The molecule has 98 valence electrons. The van der Waals surface area contributed by atoms with Crippen LogP contribution in [-0.2, 0) is 9.53 Å².